The largest absolute Gasteiger partial charge is 0.506 e. The first-order chi connectivity index (χ1) is 11.1. The molecule has 0 saturated carbocycles. The van der Waals surface area contributed by atoms with Crippen molar-refractivity contribution in [2.45, 2.75) is 19.9 Å². The number of nitrogens with zero attached hydrogens (tertiary/aromatic N) is 2. The lowest BCUT2D eigenvalue weighted by molar-refractivity contribution is 0.452. The van der Waals surface area contributed by atoms with Crippen LogP contribution >= 0.6 is 15.9 Å². The van der Waals surface area contributed by atoms with Gasteiger partial charge in [-0.05, 0) is 55.7 Å². The number of anilines is 1. The van der Waals surface area contributed by atoms with E-state index >= 15 is 0 Å². The third kappa shape index (κ3) is 4.24. The van der Waals surface area contributed by atoms with Gasteiger partial charge in [-0.15, -0.1) is 0 Å². The average Bonchev–Trinajstić information content (AvgIpc) is 3.00. The summed E-state index contributed by atoms with van der Waals surface area (Å²) in [5.41, 5.74) is 2.95. The van der Waals surface area contributed by atoms with E-state index in [1.807, 2.05) is 13.0 Å². The number of rotatable bonds is 5. The van der Waals surface area contributed by atoms with Crippen LogP contribution < -0.4 is 10.2 Å². The highest BCUT2D eigenvalue weighted by Gasteiger charge is 2.22. The van der Waals surface area contributed by atoms with Crippen LogP contribution in [0.4, 0.5) is 5.69 Å². The lowest BCUT2D eigenvalue weighted by Crippen LogP contribution is -2.26. The number of aromatic nitrogens is 1. The highest BCUT2D eigenvalue weighted by Crippen LogP contribution is 2.25. The fourth-order valence-corrected chi connectivity index (χ4v) is 3.28. The van der Waals surface area contributed by atoms with Crippen LogP contribution in [0.2, 0.25) is 0 Å². The molecule has 3 rings (SSSR count). The smallest absolute Gasteiger partial charge is 0.138 e. The van der Waals surface area contributed by atoms with Crippen molar-refractivity contribution in [3.8, 4) is 5.75 Å². The summed E-state index contributed by atoms with van der Waals surface area (Å²) >= 11 is 3.48. The Kier molecular flexibility index (Phi) is 5.18. The van der Waals surface area contributed by atoms with Crippen LogP contribution in [0.25, 0.3) is 0 Å². The minimum absolute atomic E-state index is 0.269. The van der Waals surface area contributed by atoms with Crippen molar-refractivity contribution >= 4 is 21.6 Å². The third-order valence-corrected chi connectivity index (χ3v) is 4.82. The summed E-state index contributed by atoms with van der Waals surface area (Å²) in [6.07, 6.45) is 1.19. The van der Waals surface area contributed by atoms with Gasteiger partial charge in [0.2, 0.25) is 0 Å². The minimum Gasteiger partial charge on any atom is -0.506 e. The monoisotopic (exact) mass is 375 g/mol. The number of hydrogen-bond acceptors (Lipinski definition) is 4. The summed E-state index contributed by atoms with van der Waals surface area (Å²) in [5.74, 6) is 0.900. The molecule has 1 aliphatic rings. The predicted octanol–water partition coefficient (Wildman–Crippen LogP) is 3.47. The minimum atomic E-state index is 0.269. The lowest BCUT2D eigenvalue weighted by atomic mass is 10.1. The summed E-state index contributed by atoms with van der Waals surface area (Å²) in [5, 5.41) is 13.3. The number of halogens is 1. The first kappa shape index (κ1) is 16.3. The molecule has 1 unspecified atom stereocenters. The molecule has 1 atom stereocenters. The van der Waals surface area contributed by atoms with Gasteiger partial charge >= 0.3 is 0 Å². The maximum absolute atomic E-state index is 9.83. The van der Waals surface area contributed by atoms with Crippen molar-refractivity contribution in [2.75, 3.05) is 24.5 Å². The second-order valence-corrected chi connectivity index (χ2v) is 7.04. The molecule has 2 heterocycles. The van der Waals surface area contributed by atoms with E-state index in [-0.39, 0.29) is 5.75 Å². The van der Waals surface area contributed by atoms with E-state index in [0.717, 1.165) is 35.5 Å². The number of benzene rings is 1. The van der Waals surface area contributed by atoms with Crippen molar-refractivity contribution in [1.82, 2.24) is 10.3 Å². The summed E-state index contributed by atoms with van der Waals surface area (Å²) < 4.78 is 1.11. The van der Waals surface area contributed by atoms with Crippen LogP contribution in [0, 0.1) is 12.8 Å². The van der Waals surface area contributed by atoms with Crippen LogP contribution in [0.1, 0.15) is 17.8 Å². The Morgan fingerprint density at radius 3 is 2.83 bits per heavy atom. The van der Waals surface area contributed by atoms with Crippen molar-refractivity contribution < 1.29 is 5.11 Å². The average molecular weight is 376 g/mol. The summed E-state index contributed by atoms with van der Waals surface area (Å²) in [6, 6.07) is 12.0. The summed E-state index contributed by atoms with van der Waals surface area (Å²) in [4.78, 5) is 6.81. The molecule has 1 fully saturated rings. The van der Waals surface area contributed by atoms with Crippen molar-refractivity contribution in [2.24, 2.45) is 5.92 Å². The third-order valence-electron chi connectivity index (χ3n) is 4.29. The number of nitrogens with one attached hydrogen (secondary N) is 1. The lowest BCUT2D eigenvalue weighted by Gasteiger charge is -2.19. The number of pyridine rings is 1. The molecular weight excluding hydrogens is 354 g/mol. The molecule has 1 aromatic heterocycles. The van der Waals surface area contributed by atoms with Gasteiger partial charge in [-0.25, -0.2) is 0 Å². The Morgan fingerprint density at radius 1 is 1.26 bits per heavy atom. The van der Waals surface area contributed by atoms with Gasteiger partial charge in [0.15, 0.2) is 0 Å². The molecule has 0 spiro atoms. The molecule has 122 valence electrons. The second kappa shape index (κ2) is 7.32. The standard InChI is InChI=1S/C18H22BrN3O/c1-13-2-7-18(23)17(21-13)11-20-10-14-8-9-22(12-14)16-5-3-15(19)4-6-16/h2-7,14,20,23H,8-12H2,1H3. The van der Waals surface area contributed by atoms with Crippen LogP contribution in [0.3, 0.4) is 0 Å². The van der Waals surface area contributed by atoms with Crippen molar-refractivity contribution in [3.05, 3.63) is 52.3 Å². The summed E-state index contributed by atoms with van der Waals surface area (Å²) in [6.45, 7) is 5.67. The Labute approximate surface area is 145 Å². The predicted molar refractivity (Wildman–Crippen MR) is 96.8 cm³/mol. The van der Waals surface area contributed by atoms with Crippen LogP contribution in [-0.4, -0.2) is 29.7 Å². The molecule has 0 amide bonds. The van der Waals surface area contributed by atoms with Gasteiger partial charge in [-0.1, -0.05) is 15.9 Å². The normalized spacial score (nSPS) is 17.7. The molecule has 1 aromatic carbocycles. The van der Waals surface area contributed by atoms with Gasteiger partial charge in [0.05, 0.1) is 5.69 Å². The zero-order chi connectivity index (χ0) is 16.2. The first-order valence-corrected chi connectivity index (χ1v) is 8.78. The SMILES string of the molecule is Cc1ccc(O)c(CNCC2CCN(c3ccc(Br)cc3)C2)n1. The molecule has 2 aromatic rings. The molecule has 4 nitrogen and oxygen atoms in total. The van der Waals surface area contributed by atoms with Gasteiger partial charge in [-0.2, -0.15) is 0 Å². The number of hydrogen-bond donors (Lipinski definition) is 2. The van der Waals surface area contributed by atoms with E-state index in [9.17, 15) is 5.11 Å². The maximum Gasteiger partial charge on any atom is 0.138 e. The van der Waals surface area contributed by atoms with E-state index in [0.29, 0.717) is 12.5 Å². The Balaban J connectivity index is 1.48. The number of aromatic hydroxyl groups is 1. The molecule has 0 aliphatic carbocycles. The zero-order valence-electron chi connectivity index (χ0n) is 13.3. The molecule has 0 bridgehead atoms. The molecule has 1 aliphatic heterocycles. The first-order valence-electron chi connectivity index (χ1n) is 7.98. The zero-order valence-corrected chi connectivity index (χ0v) is 14.9. The topological polar surface area (TPSA) is 48.4 Å². The van der Waals surface area contributed by atoms with Gasteiger partial charge < -0.3 is 15.3 Å². The van der Waals surface area contributed by atoms with E-state index in [1.165, 1.54) is 12.1 Å². The van der Waals surface area contributed by atoms with E-state index < -0.39 is 0 Å². The van der Waals surface area contributed by atoms with E-state index in [4.69, 9.17) is 0 Å². The van der Waals surface area contributed by atoms with Gasteiger partial charge in [0, 0.05) is 42.0 Å². The quantitative estimate of drug-likeness (QED) is 0.839. The fourth-order valence-electron chi connectivity index (χ4n) is 3.01. The Hall–Kier alpha value is -1.59. The highest BCUT2D eigenvalue weighted by atomic mass is 79.9. The number of aryl methyl sites for hydroxylation is 1. The highest BCUT2D eigenvalue weighted by molar-refractivity contribution is 9.10. The van der Waals surface area contributed by atoms with Crippen LogP contribution in [-0.2, 0) is 6.54 Å². The van der Waals surface area contributed by atoms with Gasteiger partial charge in [0.1, 0.15) is 5.75 Å². The summed E-state index contributed by atoms with van der Waals surface area (Å²) in [7, 11) is 0. The molecule has 5 heteroatoms. The molecule has 0 radical (unpaired) electrons. The molecule has 2 N–H and O–H groups in total. The molecule has 23 heavy (non-hydrogen) atoms. The van der Waals surface area contributed by atoms with Gasteiger partial charge in [-0.3, -0.25) is 4.98 Å². The Morgan fingerprint density at radius 2 is 2.04 bits per heavy atom. The fraction of sp³-hybridized carbons (Fsp3) is 0.389. The second-order valence-electron chi connectivity index (χ2n) is 6.13. The molecular formula is C18H22BrN3O. The van der Waals surface area contributed by atoms with Crippen molar-refractivity contribution in [3.63, 3.8) is 0 Å². The molecule has 1 saturated heterocycles. The van der Waals surface area contributed by atoms with Gasteiger partial charge in [0.25, 0.3) is 0 Å². The Bertz CT molecular complexity index is 660. The van der Waals surface area contributed by atoms with Crippen LogP contribution in [0.15, 0.2) is 40.9 Å². The van der Waals surface area contributed by atoms with Crippen molar-refractivity contribution in [1.29, 1.82) is 0 Å². The van der Waals surface area contributed by atoms with E-state index in [2.05, 4.69) is 55.4 Å². The van der Waals surface area contributed by atoms with Crippen LogP contribution in [0.5, 0.6) is 5.75 Å². The maximum atomic E-state index is 9.83. The van der Waals surface area contributed by atoms with E-state index in [1.54, 1.807) is 6.07 Å².